The van der Waals surface area contributed by atoms with Crippen LogP contribution in [0, 0.1) is 6.92 Å². The van der Waals surface area contributed by atoms with Crippen molar-refractivity contribution in [2.75, 3.05) is 38.7 Å². The Hall–Kier alpha value is -3.50. The fraction of sp³-hybridized carbons (Fsp3) is 0.462. The second-order valence-corrected chi connectivity index (χ2v) is 9.66. The van der Waals surface area contributed by atoms with E-state index in [0.29, 0.717) is 32.1 Å². The van der Waals surface area contributed by atoms with E-state index in [1.165, 1.54) is 11.8 Å². The molecule has 2 N–H and O–H groups in total. The van der Waals surface area contributed by atoms with Gasteiger partial charge in [-0.05, 0) is 48.9 Å². The summed E-state index contributed by atoms with van der Waals surface area (Å²) in [7, 11) is 1.69. The first-order valence-electron chi connectivity index (χ1n) is 12.2. The van der Waals surface area contributed by atoms with Crippen molar-refractivity contribution in [3.63, 3.8) is 0 Å². The van der Waals surface area contributed by atoms with E-state index in [9.17, 15) is 14.7 Å². The lowest BCUT2D eigenvalue weighted by molar-refractivity contribution is -0.114. The van der Waals surface area contributed by atoms with Crippen LogP contribution in [-0.2, 0) is 19.9 Å². The Morgan fingerprint density at radius 1 is 1.25 bits per heavy atom. The minimum absolute atomic E-state index is 0.190. The van der Waals surface area contributed by atoms with E-state index in [1.807, 2.05) is 29.7 Å². The average molecular weight is 494 g/mol. The number of ether oxygens (including phenoxy) is 2. The number of carboxylic acid groups (broad SMARTS) is 1. The van der Waals surface area contributed by atoms with Gasteiger partial charge in [-0.15, -0.1) is 0 Å². The molecule has 0 saturated carbocycles. The molecule has 1 atom stereocenters. The molecule has 3 aromatic rings. The van der Waals surface area contributed by atoms with Gasteiger partial charge in [-0.1, -0.05) is 0 Å². The van der Waals surface area contributed by atoms with Crippen LogP contribution in [0.4, 0.5) is 10.6 Å². The Balaban J connectivity index is 1.62. The lowest BCUT2D eigenvalue weighted by Gasteiger charge is -2.29. The number of likely N-dealkylation sites (tertiary alicyclic amines) is 1. The largest absolute Gasteiger partial charge is 0.465 e. The standard InChI is InChI=1S/C26H31N5O5/c1-16-10-22(26(35-3)6-9-36-15-26)29-24(11-16)31-14-20(18-4-7-30(8-5-18)25(33)34)19-13-27-23(12-21(19)31)28-17(2)32/h10-14,18H,4-9,15H2,1-3H3,(H,33,34)(H,27,28,32)/t26-/m0/s1. The lowest BCUT2D eigenvalue weighted by atomic mass is 9.90. The first-order valence-corrected chi connectivity index (χ1v) is 12.2. The van der Waals surface area contributed by atoms with Crippen molar-refractivity contribution in [3.8, 4) is 5.82 Å². The molecule has 10 heteroatoms. The van der Waals surface area contributed by atoms with Gasteiger partial charge in [-0.25, -0.2) is 14.8 Å². The third-order valence-electron chi connectivity index (χ3n) is 7.28. The molecule has 5 rings (SSSR count). The van der Waals surface area contributed by atoms with Crippen LogP contribution < -0.4 is 5.32 Å². The monoisotopic (exact) mass is 493 g/mol. The zero-order valence-corrected chi connectivity index (χ0v) is 20.8. The Labute approximate surface area is 209 Å². The zero-order chi connectivity index (χ0) is 25.4. The number of methoxy groups -OCH3 is 1. The predicted molar refractivity (Wildman–Crippen MR) is 134 cm³/mol. The molecule has 3 aromatic heterocycles. The first-order chi connectivity index (χ1) is 17.3. The summed E-state index contributed by atoms with van der Waals surface area (Å²) in [4.78, 5) is 34.1. The molecule has 0 spiro atoms. The van der Waals surface area contributed by atoms with Gasteiger partial charge >= 0.3 is 6.09 Å². The summed E-state index contributed by atoms with van der Waals surface area (Å²) in [5.74, 6) is 1.20. The highest BCUT2D eigenvalue weighted by Gasteiger charge is 2.39. The van der Waals surface area contributed by atoms with E-state index in [4.69, 9.17) is 14.5 Å². The Morgan fingerprint density at radius 2 is 2.03 bits per heavy atom. The Kier molecular flexibility index (Phi) is 6.40. The minimum atomic E-state index is -0.878. The molecule has 2 aliphatic rings. The van der Waals surface area contributed by atoms with Crippen LogP contribution in [0.15, 0.2) is 30.6 Å². The second-order valence-electron chi connectivity index (χ2n) is 9.66. The molecule has 2 amide bonds. The molecule has 0 aliphatic carbocycles. The molecule has 0 aromatic carbocycles. The summed E-state index contributed by atoms with van der Waals surface area (Å²) >= 11 is 0. The summed E-state index contributed by atoms with van der Waals surface area (Å²) < 4.78 is 13.6. The number of carbonyl (C=O) groups excluding carboxylic acids is 1. The number of aromatic nitrogens is 3. The highest BCUT2D eigenvalue weighted by atomic mass is 16.5. The van der Waals surface area contributed by atoms with Crippen molar-refractivity contribution >= 4 is 28.7 Å². The average Bonchev–Trinajstić information content (AvgIpc) is 3.49. The fourth-order valence-corrected chi connectivity index (χ4v) is 5.31. The Morgan fingerprint density at radius 3 is 2.67 bits per heavy atom. The second kappa shape index (κ2) is 9.51. The van der Waals surface area contributed by atoms with Gasteiger partial charge in [0.2, 0.25) is 5.91 Å². The molecule has 2 fully saturated rings. The number of anilines is 1. The topological polar surface area (TPSA) is 119 Å². The van der Waals surface area contributed by atoms with Gasteiger partial charge in [0.05, 0.1) is 17.8 Å². The Bertz CT molecular complexity index is 1310. The van der Waals surface area contributed by atoms with Crippen LogP contribution in [0.3, 0.4) is 0 Å². The van der Waals surface area contributed by atoms with Gasteiger partial charge in [0.25, 0.3) is 0 Å². The van der Waals surface area contributed by atoms with Crippen LogP contribution in [0.5, 0.6) is 0 Å². The number of hydrogen-bond acceptors (Lipinski definition) is 6. The van der Waals surface area contributed by atoms with Gasteiger partial charge in [0.1, 0.15) is 17.2 Å². The molecule has 0 radical (unpaired) electrons. The lowest BCUT2D eigenvalue weighted by Crippen LogP contribution is -2.36. The maximum atomic E-state index is 11.7. The molecule has 2 aliphatic heterocycles. The van der Waals surface area contributed by atoms with Gasteiger partial charge in [0, 0.05) is 64.0 Å². The normalized spacial score (nSPS) is 20.7. The van der Waals surface area contributed by atoms with Crippen molar-refractivity contribution in [1.29, 1.82) is 0 Å². The van der Waals surface area contributed by atoms with Gasteiger partial charge < -0.3 is 29.4 Å². The molecule has 0 unspecified atom stereocenters. The summed E-state index contributed by atoms with van der Waals surface area (Å²) in [6.07, 6.45) is 5.19. The van der Waals surface area contributed by atoms with Crippen LogP contribution in [-0.4, -0.2) is 70.0 Å². The quantitative estimate of drug-likeness (QED) is 0.555. The van der Waals surface area contributed by atoms with Crippen molar-refractivity contribution in [2.24, 2.45) is 0 Å². The highest BCUT2D eigenvalue weighted by molar-refractivity contribution is 5.92. The number of fused-ring (bicyclic) bond motifs is 1. The van der Waals surface area contributed by atoms with E-state index >= 15 is 0 Å². The molecule has 5 heterocycles. The summed E-state index contributed by atoms with van der Waals surface area (Å²) in [6.45, 7) is 5.55. The van der Waals surface area contributed by atoms with Crippen molar-refractivity contribution in [1.82, 2.24) is 19.4 Å². The van der Waals surface area contributed by atoms with E-state index < -0.39 is 11.7 Å². The number of hydrogen-bond donors (Lipinski definition) is 2. The highest BCUT2D eigenvalue weighted by Crippen LogP contribution is 2.38. The molecular formula is C26H31N5O5. The number of pyridine rings is 2. The fourth-order valence-electron chi connectivity index (χ4n) is 5.31. The minimum Gasteiger partial charge on any atom is -0.465 e. The van der Waals surface area contributed by atoms with E-state index in [1.54, 1.807) is 13.3 Å². The van der Waals surface area contributed by atoms with Gasteiger partial charge in [0.15, 0.2) is 0 Å². The summed E-state index contributed by atoms with van der Waals surface area (Å²) in [5, 5.41) is 13.1. The SMILES string of the molecule is CO[C@@]1(c2cc(C)cc(-n3cc(C4CCN(C(=O)O)CC4)c4cnc(NC(C)=O)cc43)n2)CCOC1. The molecule has 2 saturated heterocycles. The number of nitrogens with one attached hydrogen (secondary N) is 1. The molecule has 0 bridgehead atoms. The van der Waals surface area contributed by atoms with Gasteiger partial charge in [-0.2, -0.15) is 0 Å². The number of amides is 2. The van der Waals surface area contributed by atoms with Crippen LogP contribution in [0.25, 0.3) is 16.7 Å². The number of aryl methyl sites for hydroxylation is 1. The summed E-state index contributed by atoms with van der Waals surface area (Å²) in [5.41, 5.74) is 3.27. The smallest absolute Gasteiger partial charge is 0.407 e. The van der Waals surface area contributed by atoms with Crippen molar-refractivity contribution in [3.05, 3.63) is 47.4 Å². The van der Waals surface area contributed by atoms with Gasteiger partial charge in [-0.3, -0.25) is 4.79 Å². The molecule has 36 heavy (non-hydrogen) atoms. The molecule has 10 nitrogen and oxygen atoms in total. The van der Waals surface area contributed by atoms with Crippen LogP contribution in [0.2, 0.25) is 0 Å². The van der Waals surface area contributed by atoms with Crippen LogP contribution >= 0.6 is 0 Å². The maximum absolute atomic E-state index is 11.7. The maximum Gasteiger partial charge on any atom is 0.407 e. The van der Waals surface area contributed by atoms with Crippen LogP contribution in [0.1, 0.15) is 48.9 Å². The van der Waals surface area contributed by atoms with E-state index in [2.05, 4.69) is 16.5 Å². The molecule has 190 valence electrons. The zero-order valence-electron chi connectivity index (χ0n) is 20.8. The molecular weight excluding hydrogens is 462 g/mol. The summed E-state index contributed by atoms with van der Waals surface area (Å²) in [6, 6.07) is 5.93. The van der Waals surface area contributed by atoms with Crippen molar-refractivity contribution < 1.29 is 24.2 Å². The number of piperidine rings is 1. The van der Waals surface area contributed by atoms with E-state index in [0.717, 1.165) is 52.8 Å². The number of carbonyl (C=O) groups is 2. The van der Waals surface area contributed by atoms with E-state index in [-0.39, 0.29) is 11.8 Å². The first kappa shape index (κ1) is 24.2. The van der Waals surface area contributed by atoms with Crippen molar-refractivity contribution in [2.45, 2.75) is 44.6 Å². The number of nitrogens with zero attached hydrogens (tertiary/aromatic N) is 4. The third-order valence-corrected chi connectivity index (χ3v) is 7.28. The predicted octanol–water partition coefficient (Wildman–Crippen LogP) is 3.81. The number of rotatable bonds is 5. The third kappa shape index (κ3) is 4.42.